The van der Waals surface area contributed by atoms with Gasteiger partial charge in [-0.15, -0.1) is 0 Å². The maximum atomic E-state index is 13.2. The van der Waals surface area contributed by atoms with Crippen LogP contribution in [0.2, 0.25) is 0 Å². The minimum absolute atomic E-state index is 0.0332. The molecule has 0 saturated carbocycles. The van der Waals surface area contributed by atoms with E-state index in [4.69, 9.17) is 66.3 Å². The Bertz CT molecular complexity index is 2230. The van der Waals surface area contributed by atoms with Gasteiger partial charge in [-0.05, 0) is 12.1 Å². The summed E-state index contributed by atoms with van der Waals surface area (Å²) in [5, 5.41) is 238. The molecule has 1 aromatic rings. The number of hydrogen-bond acceptors (Lipinski definition) is 37. The summed E-state index contributed by atoms with van der Waals surface area (Å²) in [7, 11) is 0. The zero-order chi connectivity index (χ0) is 62.7. The molecule has 37 nitrogen and oxygen atoms in total. The van der Waals surface area contributed by atoms with Crippen LogP contribution in [-0.4, -0.2) is 380 Å². The predicted octanol–water partition coefficient (Wildman–Crippen LogP) is -14.4. The van der Waals surface area contributed by atoms with E-state index in [0.717, 1.165) is 0 Å². The van der Waals surface area contributed by atoms with Crippen LogP contribution in [-0.2, 0) is 66.3 Å². The van der Waals surface area contributed by atoms with Crippen molar-refractivity contribution in [2.75, 3.05) is 46.2 Å². The molecule has 0 radical (unpaired) electrons. The lowest BCUT2D eigenvalue weighted by Gasteiger charge is -2.50. The van der Waals surface area contributed by atoms with E-state index in [1.165, 1.54) is 24.3 Å². The van der Waals surface area contributed by atoms with Crippen molar-refractivity contribution in [2.24, 2.45) is 0 Å². The molecule has 7 heterocycles. The zero-order valence-electron chi connectivity index (χ0n) is 45.0. The summed E-state index contributed by atoms with van der Waals surface area (Å²) >= 11 is 0. The average molecular weight is 1260 g/mol. The molecule has 0 amide bonds. The summed E-state index contributed by atoms with van der Waals surface area (Å²) in [5.41, 5.74) is -0.0332. The summed E-state index contributed by atoms with van der Waals surface area (Å²) in [4.78, 5) is 13.2. The van der Waals surface area contributed by atoms with Gasteiger partial charge in [-0.3, -0.25) is 0 Å². The van der Waals surface area contributed by atoms with Gasteiger partial charge < -0.3 is 179 Å². The zero-order valence-corrected chi connectivity index (χ0v) is 45.0. The SMILES string of the molecule is O=C(OC1C(OCC2OC(OC3C(O)C(CO)O[C@H](O)C3O)C(O)C(OC3OC(CO)C(O)C(OC4OC(COC5OC(CO)C(O)C(O)C5O)[C@H](O)C(OC5OC(CO)C(O)C(O)C5O)C4O)C3O)[C@H]2O)OC(CO)C(O)C1O)c1ccccc1. The Morgan fingerprint density at radius 3 is 1.06 bits per heavy atom. The molecule has 0 bridgehead atoms. The Labute approximate surface area is 485 Å². The topological polar surface area (TPSA) is 591 Å². The smallest absolute Gasteiger partial charge is 0.338 e. The highest BCUT2D eigenvalue weighted by atomic mass is 16.8. The Balaban J connectivity index is 1.06. The van der Waals surface area contributed by atoms with E-state index in [2.05, 4.69) is 0 Å². The Hall–Kier alpha value is -2.71. The number of esters is 1. The van der Waals surface area contributed by atoms with Gasteiger partial charge in [0.05, 0.1) is 51.8 Å². The second-order valence-electron chi connectivity index (χ2n) is 21.4. The lowest BCUT2D eigenvalue weighted by Crippen LogP contribution is -2.68. The highest BCUT2D eigenvalue weighted by molar-refractivity contribution is 5.89. The van der Waals surface area contributed by atoms with Gasteiger partial charge in [-0.1, -0.05) is 18.2 Å². The van der Waals surface area contributed by atoms with Crippen molar-refractivity contribution < 1.29 is 183 Å². The number of aliphatic hydroxyl groups excluding tert-OH is 22. The minimum atomic E-state index is -2.43. The summed E-state index contributed by atoms with van der Waals surface area (Å²) < 4.78 is 79.1. The van der Waals surface area contributed by atoms with E-state index < -0.39 is 267 Å². The van der Waals surface area contributed by atoms with E-state index in [0.29, 0.717) is 0 Å². The molecule has 22 N–H and O–H groups in total. The van der Waals surface area contributed by atoms with Crippen molar-refractivity contribution >= 4 is 5.97 Å². The van der Waals surface area contributed by atoms with Crippen LogP contribution in [0.25, 0.3) is 0 Å². The van der Waals surface area contributed by atoms with Crippen LogP contribution in [0.4, 0.5) is 0 Å². The molecular weight excluding hydrogens is 1180 g/mol. The Kier molecular flexibility index (Phi) is 24.3. The maximum absolute atomic E-state index is 13.2. The lowest BCUT2D eigenvalue weighted by atomic mass is 9.95. The average Bonchev–Trinajstić information content (AvgIpc) is 1.79. The molecule has 7 saturated heterocycles. The van der Waals surface area contributed by atoms with Crippen LogP contribution >= 0.6 is 0 Å². The molecule has 7 aliphatic rings. The molecule has 86 heavy (non-hydrogen) atoms. The van der Waals surface area contributed by atoms with Crippen molar-refractivity contribution in [3.63, 3.8) is 0 Å². The third-order valence-corrected chi connectivity index (χ3v) is 15.7. The van der Waals surface area contributed by atoms with Crippen LogP contribution in [0.15, 0.2) is 30.3 Å². The molecule has 1 aromatic carbocycles. The molecule has 0 aromatic heterocycles. The summed E-state index contributed by atoms with van der Waals surface area (Å²) in [6, 6.07) is 7.25. The van der Waals surface area contributed by atoms with E-state index >= 15 is 0 Å². The first-order valence-corrected chi connectivity index (χ1v) is 27.2. The lowest BCUT2D eigenvalue weighted by molar-refractivity contribution is -0.398. The molecule has 37 heteroatoms. The van der Waals surface area contributed by atoms with E-state index in [1.54, 1.807) is 6.07 Å². The number of carbonyl (C=O) groups is 1. The Morgan fingerprint density at radius 2 is 0.628 bits per heavy atom. The molecule has 32 unspecified atom stereocenters. The van der Waals surface area contributed by atoms with Crippen LogP contribution < -0.4 is 0 Å². The first-order chi connectivity index (χ1) is 40.9. The monoisotopic (exact) mass is 1260 g/mol. The fourth-order valence-corrected chi connectivity index (χ4v) is 10.6. The Morgan fingerprint density at radius 1 is 0.314 bits per heavy atom. The molecule has 0 aliphatic carbocycles. The van der Waals surface area contributed by atoms with E-state index in [1.807, 2.05) is 0 Å². The highest BCUT2D eigenvalue weighted by Gasteiger charge is 2.58. The van der Waals surface area contributed by atoms with Gasteiger partial charge in [0.1, 0.15) is 165 Å². The van der Waals surface area contributed by atoms with Gasteiger partial charge in [0.25, 0.3) is 0 Å². The summed E-state index contributed by atoms with van der Waals surface area (Å²) in [6.07, 6.45) is -71.3. The molecule has 8 rings (SSSR count). The van der Waals surface area contributed by atoms with Crippen molar-refractivity contribution in [1.82, 2.24) is 0 Å². The highest BCUT2D eigenvalue weighted by Crippen LogP contribution is 2.37. The number of ether oxygens (including phenoxy) is 14. The molecular formula is C49H76O37. The first kappa shape index (κ1) is 69.2. The molecule has 35 atom stereocenters. The third kappa shape index (κ3) is 14.6. The van der Waals surface area contributed by atoms with Gasteiger partial charge >= 0.3 is 5.97 Å². The van der Waals surface area contributed by atoms with Crippen LogP contribution in [0, 0.1) is 0 Å². The van der Waals surface area contributed by atoms with Crippen molar-refractivity contribution in [3.8, 4) is 0 Å². The molecule has 7 fully saturated rings. The second-order valence-corrected chi connectivity index (χ2v) is 21.4. The fraction of sp³-hybridized carbons (Fsp3) is 0.857. The van der Waals surface area contributed by atoms with Crippen LogP contribution in [0.1, 0.15) is 10.4 Å². The standard InChI is InChI=1S/C49H76O37/c50-6-14-21(55)28(62)31(65)44(76-14)73-11-19-26(60)39(84-45-32(66)29(63)22(56)15(7-51)77-45)35(69)48(80-19)85-38-25(59)18(10-54)78-46(34(38)68)86-40-27(61)20(81-47(36(40)70)83-37-24(58)17(9-53)75-43(72)33(37)67)12-74-49-41(30(64)23(57)16(8-52)79-49)82-42(71)13-4-2-1-3-5-13/h1-5,14-41,43-70,72H,6-12H2/t14?,15?,16?,17?,18?,19?,20?,21?,22?,23?,24?,25?,26-,27-,28?,29?,30?,31?,32?,33?,34?,35?,36?,37?,38?,39?,40?,41?,43-,44?,45?,46?,47?,48?,49?/m0/s1. The van der Waals surface area contributed by atoms with Crippen molar-refractivity contribution in [2.45, 2.75) is 215 Å². The maximum Gasteiger partial charge on any atom is 0.338 e. The van der Waals surface area contributed by atoms with Gasteiger partial charge in [0, 0.05) is 0 Å². The van der Waals surface area contributed by atoms with Gasteiger partial charge in [0.2, 0.25) is 0 Å². The van der Waals surface area contributed by atoms with Crippen LogP contribution in [0.3, 0.4) is 0 Å². The van der Waals surface area contributed by atoms with E-state index in [-0.39, 0.29) is 5.56 Å². The number of benzene rings is 1. The predicted molar refractivity (Wildman–Crippen MR) is 261 cm³/mol. The second kappa shape index (κ2) is 30.2. The summed E-state index contributed by atoms with van der Waals surface area (Å²) in [5.74, 6) is -1.05. The number of hydrogen-bond donors (Lipinski definition) is 22. The van der Waals surface area contributed by atoms with Gasteiger partial charge in [-0.2, -0.15) is 0 Å². The molecule has 0 spiro atoms. The van der Waals surface area contributed by atoms with Gasteiger partial charge in [0.15, 0.2) is 50.1 Å². The number of aliphatic hydroxyl groups is 22. The summed E-state index contributed by atoms with van der Waals surface area (Å²) in [6.45, 7) is -6.86. The minimum Gasteiger partial charge on any atom is -0.450 e. The first-order valence-electron chi connectivity index (χ1n) is 27.2. The van der Waals surface area contributed by atoms with Gasteiger partial charge in [-0.25, -0.2) is 4.79 Å². The largest absolute Gasteiger partial charge is 0.450 e. The van der Waals surface area contributed by atoms with E-state index in [9.17, 15) is 117 Å². The molecule has 7 aliphatic heterocycles. The van der Waals surface area contributed by atoms with Crippen molar-refractivity contribution in [3.05, 3.63) is 35.9 Å². The molecule has 494 valence electrons. The normalized spacial score (nSPS) is 49.5. The van der Waals surface area contributed by atoms with Crippen molar-refractivity contribution in [1.29, 1.82) is 0 Å². The number of carbonyl (C=O) groups excluding carboxylic acids is 1. The fourth-order valence-electron chi connectivity index (χ4n) is 10.6. The quantitative estimate of drug-likeness (QED) is 0.0508. The van der Waals surface area contributed by atoms with Crippen LogP contribution in [0.5, 0.6) is 0 Å². The number of rotatable bonds is 21. The third-order valence-electron chi connectivity index (χ3n) is 15.7.